The van der Waals surface area contributed by atoms with E-state index < -0.39 is 38.3 Å². The van der Waals surface area contributed by atoms with Crippen molar-refractivity contribution in [2.45, 2.75) is 0 Å². The molecule has 0 radical (unpaired) electrons. The molecule has 0 aliphatic carbocycles. The molecule has 2 rings (SSSR count). The summed E-state index contributed by atoms with van der Waals surface area (Å²) in [5, 5.41) is -0.819. The van der Waals surface area contributed by atoms with Crippen LogP contribution in [0.3, 0.4) is 0 Å². The third kappa shape index (κ3) is 3.46. The van der Waals surface area contributed by atoms with Crippen LogP contribution in [0.1, 0.15) is 0 Å². The molecule has 0 bridgehead atoms. The van der Waals surface area contributed by atoms with Gasteiger partial charge in [-0.15, -0.1) is 0 Å². The molecule has 0 atom stereocenters. The Bertz CT molecular complexity index is 706. The summed E-state index contributed by atoms with van der Waals surface area (Å²) in [5.74, 6) is -8.60. The van der Waals surface area contributed by atoms with Crippen molar-refractivity contribution in [1.82, 2.24) is 0 Å². The van der Waals surface area contributed by atoms with Crippen LogP contribution in [0, 0.1) is 30.4 Å². The zero-order valence-corrected chi connectivity index (χ0v) is 17.5. The second-order valence-corrected chi connectivity index (χ2v) is 7.57. The Hall–Kier alpha value is 0.580. The highest BCUT2D eigenvalue weighted by molar-refractivity contribution is 14.1. The smallest absolute Gasteiger partial charge is 0.205 e. The molecular formula is C12Cl4F4I2O. The molecule has 0 spiro atoms. The Balaban J connectivity index is 2.71. The first-order valence-electron chi connectivity index (χ1n) is 5.30. The van der Waals surface area contributed by atoms with Crippen molar-refractivity contribution in [3.8, 4) is 11.5 Å². The number of benzene rings is 2. The molecule has 1 nitrogen and oxygen atoms in total. The highest BCUT2D eigenvalue weighted by Gasteiger charge is 2.28. The van der Waals surface area contributed by atoms with Crippen molar-refractivity contribution in [2.24, 2.45) is 0 Å². The van der Waals surface area contributed by atoms with Gasteiger partial charge in [0, 0.05) is 0 Å². The second-order valence-electron chi connectivity index (χ2n) is 3.90. The average Bonchev–Trinajstić information content (AvgIpc) is 2.54. The highest BCUT2D eigenvalue weighted by atomic mass is 127. The minimum absolute atomic E-state index is 0.0936. The SMILES string of the molecule is Fc1c(F)c(Oc2c(Cl)c(Cl)c(I)c(Cl)c2Cl)c(F)c(F)c1I. The predicted molar refractivity (Wildman–Crippen MR) is 98.3 cm³/mol. The van der Waals surface area contributed by atoms with Gasteiger partial charge in [-0.25, -0.2) is 8.78 Å². The highest BCUT2D eigenvalue weighted by Crippen LogP contribution is 2.48. The first-order chi connectivity index (χ1) is 10.6. The van der Waals surface area contributed by atoms with Crippen molar-refractivity contribution >= 4 is 91.6 Å². The minimum atomic E-state index is -1.74. The van der Waals surface area contributed by atoms with E-state index >= 15 is 0 Å². The molecule has 0 N–H and O–H groups in total. The van der Waals surface area contributed by atoms with Gasteiger partial charge in [-0.3, -0.25) is 0 Å². The van der Waals surface area contributed by atoms with E-state index in [1.807, 2.05) is 0 Å². The third-order valence-corrected chi connectivity index (χ3v) is 6.88. The van der Waals surface area contributed by atoms with E-state index in [1.165, 1.54) is 0 Å². The van der Waals surface area contributed by atoms with Crippen LogP contribution in [0.5, 0.6) is 11.5 Å². The quantitative estimate of drug-likeness (QED) is 0.142. The molecule has 0 aromatic heterocycles. The Labute approximate surface area is 174 Å². The van der Waals surface area contributed by atoms with Crippen LogP contribution >= 0.6 is 91.6 Å². The van der Waals surface area contributed by atoms with Crippen LogP contribution < -0.4 is 4.74 Å². The van der Waals surface area contributed by atoms with E-state index in [2.05, 4.69) is 0 Å². The lowest BCUT2D eigenvalue weighted by atomic mass is 10.2. The topological polar surface area (TPSA) is 9.23 Å². The number of hydrogen-bond acceptors (Lipinski definition) is 1. The zero-order chi connectivity index (χ0) is 17.6. The average molecular weight is 632 g/mol. The molecule has 0 saturated carbocycles. The summed E-state index contributed by atoms with van der Waals surface area (Å²) in [5.41, 5.74) is 0. The third-order valence-electron chi connectivity index (χ3n) is 2.54. The normalized spacial score (nSPS) is 11.0. The largest absolute Gasteiger partial charge is 0.448 e. The van der Waals surface area contributed by atoms with Crippen molar-refractivity contribution in [3.63, 3.8) is 0 Å². The number of rotatable bonds is 2. The molecule has 2 aromatic carbocycles. The molecule has 0 fully saturated rings. The Morgan fingerprint density at radius 3 is 1.35 bits per heavy atom. The lowest BCUT2D eigenvalue weighted by Crippen LogP contribution is -2.04. The van der Waals surface area contributed by atoms with Crippen LogP contribution in [0.2, 0.25) is 20.1 Å². The fourth-order valence-corrected chi connectivity index (χ4v) is 3.70. The van der Waals surface area contributed by atoms with Crippen molar-refractivity contribution in [2.75, 3.05) is 0 Å². The first kappa shape index (κ1) is 19.9. The molecule has 0 amide bonds. The summed E-state index contributed by atoms with van der Waals surface area (Å²) in [6.07, 6.45) is 0. The van der Waals surface area contributed by atoms with Crippen LogP contribution in [0.15, 0.2) is 0 Å². The van der Waals surface area contributed by atoms with Gasteiger partial charge in [0.15, 0.2) is 17.4 Å². The molecule has 11 heteroatoms. The van der Waals surface area contributed by atoms with E-state index in [-0.39, 0.29) is 23.7 Å². The second kappa shape index (κ2) is 7.45. The van der Waals surface area contributed by atoms with Crippen LogP contribution in [0.4, 0.5) is 17.6 Å². The Morgan fingerprint density at radius 1 is 0.565 bits per heavy atom. The van der Waals surface area contributed by atoms with Crippen LogP contribution in [-0.2, 0) is 0 Å². The summed E-state index contributed by atoms with van der Waals surface area (Å²) in [6.45, 7) is 0. The lowest BCUT2D eigenvalue weighted by Gasteiger charge is -2.15. The molecular weight excluding hydrogens is 632 g/mol. The van der Waals surface area contributed by atoms with Crippen molar-refractivity contribution in [1.29, 1.82) is 0 Å². The Kier molecular flexibility index (Phi) is 6.44. The summed E-state index contributed by atoms with van der Waals surface area (Å²) in [4.78, 5) is 0. The van der Waals surface area contributed by atoms with Gasteiger partial charge in [-0.2, -0.15) is 8.78 Å². The van der Waals surface area contributed by atoms with E-state index in [1.54, 1.807) is 22.6 Å². The van der Waals surface area contributed by atoms with Gasteiger partial charge in [-0.05, 0) is 45.2 Å². The maximum Gasteiger partial charge on any atom is 0.205 e. The zero-order valence-electron chi connectivity index (χ0n) is 10.2. The van der Waals surface area contributed by atoms with Crippen molar-refractivity contribution < 1.29 is 22.3 Å². The van der Waals surface area contributed by atoms with Crippen LogP contribution in [-0.4, -0.2) is 0 Å². The van der Waals surface area contributed by atoms with E-state index in [9.17, 15) is 17.6 Å². The van der Waals surface area contributed by atoms with Gasteiger partial charge < -0.3 is 4.74 Å². The minimum Gasteiger partial charge on any atom is -0.448 e. The number of ether oxygens (including phenoxy) is 1. The number of hydrogen-bond donors (Lipinski definition) is 0. The van der Waals surface area contributed by atoms with Gasteiger partial charge in [0.05, 0.1) is 17.2 Å². The first-order valence-corrected chi connectivity index (χ1v) is 8.97. The maximum atomic E-state index is 13.9. The number of halogens is 10. The maximum absolute atomic E-state index is 13.9. The molecule has 23 heavy (non-hydrogen) atoms. The van der Waals surface area contributed by atoms with E-state index in [4.69, 9.17) is 51.1 Å². The molecule has 0 aliphatic rings. The van der Waals surface area contributed by atoms with Gasteiger partial charge in [0.2, 0.25) is 17.4 Å². The van der Waals surface area contributed by atoms with E-state index in [0.717, 1.165) is 22.6 Å². The molecule has 0 saturated heterocycles. The van der Waals surface area contributed by atoms with Gasteiger partial charge >= 0.3 is 0 Å². The molecule has 2 aromatic rings. The summed E-state index contributed by atoms with van der Waals surface area (Å²) in [6, 6.07) is 0. The molecule has 124 valence electrons. The Morgan fingerprint density at radius 2 is 0.957 bits per heavy atom. The molecule has 0 unspecified atom stereocenters. The monoisotopic (exact) mass is 630 g/mol. The van der Waals surface area contributed by atoms with Crippen LogP contribution in [0.25, 0.3) is 0 Å². The van der Waals surface area contributed by atoms with Gasteiger partial charge in [0.1, 0.15) is 10.0 Å². The standard InChI is InChI=1S/C12Cl4F4I2O/c13-1-3(15)11(4(16)2(14)9(1)21)23-12-7(19)5(17)10(22)6(18)8(12)20. The predicted octanol–water partition coefficient (Wildman–Crippen LogP) is 7.86. The van der Waals surface area contributed by atoms with Crippen molar-refractivity contribution in [3.05, 3.63) is 50.5 Å². The molecule has 0 aliphatic heterocycles. The van der Waals surface area contributed by atoms with Gasteiger partial charge in [-0.1, -0.05) is 46.4 Å². The summed E-state index contributed by atoms with van der Waals surface area (Å²) < 4.78 is 59.2. The summed E-state index contributed by atoms with van der Waals surface area (Å²) >= 11 is 26.4. The van der Waals surface area contributed by atoms with E-state index in [0.29, 0.717) is 0 Å². The molecule has 0 heterocycles. The fourth-order valence-electron chi connectivity index (χ4n) is 1.45. The van der Waals surface area contributed by atoms with Gasteiger partial charge in [0.25, 0.3) is 0 Å². The lowest BCUT2D eigenvalue weighted by molar-refractivity contribution is 0.362. The fraction of sp³-hybridized carbons (Fsp3) is 0. The summed E-state index contributed by atoms with van der Waals surface area (Å²) in [7, 11) is 0.